The molecule has 10 heteroatoms. The molecule has 0 radical (unpaired) electrons. The normalized spacial score (nSPS) is 16.1. The number of aryl methyl sites for hydroxylation is 1. The van der Waals surface area contributed by atoms with E-state index >= 15 is 0 Å². The first-order valence-corrected chi connectivity index (χ1v) is 9.82. The van der Waals surface area contributed by atoms with Gasteiger partial charge < -0.3 is 10.1 Å². The smallest absolute Gasteiger partial charge is 0.414 e. The third-order valence-electron chi connectivity index (χ3n) is 4.83. The van der Waals surface area contributed by atoms with Crippen molar-refractivity contribution in [3.8, 4) is 29.4 Å². The summed E-state index contributed by atoms with van der Waals surface area (Å²) in [6.07, 6.45) is 7.35. The summed E-state index contributed by atoms with van der Waals surface area (Å²) in [4.78, 5) is 23.1. The zero-order valence-electron chi connectivity index (χ0n) is 17.5. The van der Waals surface area contributed by atoms with Gasteiger partial charge in [0.1, 0.15) is 17.8 Å². The lowest BCUT2D eigenvalue weighted by atomic mass is 10.1. The van der Waals surface area contributed by atoms with Crippen LogP contribution in [0, 0.1) is 25.2 Å². The lowest BCUT2D eigenvalue weighted by molar-refractivity contribution is 0.143. The Labute approximate surface area is 183 Å². The molecule has 0 unspecified atom stereocenters. The van der Waals surface area contributed by atoms with E-state index in [4.69, 9.17) is 11.2 Å². The number of nitrogens with zero attached hydrogens (tertiary/aromatic N) is 6. The van der Waals surface area contributed by atoms with Crippen LogP contribution in [0.4, 0.5) is 14.9 Å². The monoisotopic (exact) mass is 433 g/mol. The number of rotatable bonds is 5. The number of aliphatic imine (C=N–C) groups is 1. The standard InChI is InChI=1S/C22H20FN7O2/c1-4-24-15(3)25-12-18-13-29(22(31)32-18)17-6-7-19(20(23)9-17)16-5-8-21(26-11-16)30-27-10-14(2)28-30/h1,5-11,18H,12-13H2,2-3H3,(H,24,25)/t18-/m0/s1. The van der Waals surface area contributed by atoms with Gasteiger partial charge in [-0.15, -0.1) is 4.80 Å². The van der Waals surface area contributed by atoms with Crippen LogP contribution in [0.3, 0.4) is 0 Å². The minimum atomic E-state index is -0.538. The Bertz CT molecular complexity index is 1210. The number of hydrogen-bond donors (Lipinski definition) is 1. The second-order valence-corrected chi connectivity index (χ2v) is 7.17. The molecule has 0 spiro atoms. The number of anilines is 1. The largest absolute Gasteiger partial charge is 0.442 e. The fraction of sp³-hybridized carbons (Fsp3) is 0.227. The molecule has 1 aromatic carbocycles. The van der Waals surface area contributed by atoms with Crippen LogP contribution in [0.15, 0.2) is 47.7 Å². The third kappa shape index (κ3) is 4.41. The van der Waals surface area contributed by atoms with Gasteiger partial charge >= 0.3 is 6.09 Å². The van der Waals surface area contributed by atoms with Gasteiger partial charge in [0.05, 0.1) is 30.7 Å². The maximum atomic E-state index is 14.9. The van der Waals surface area contributed by atoms with Crippen LogP contribution in [0.5, 0.6) is 0 Å². The Kier molecular flexibility index (Phi) is 5.81. The van der Waals surface area contributed by atoms with Crippen molar-refractivity contribution < 1.29 is 13.9 Å². The molecule has 1 amide bonds. The van der Waals surface area contributed by atoms with E-state index in [0.717, 1.165) is 5.69 Å². The molecular formula is C22H20FN7O2. The van der Waals surface area contributed by atoms with Gasteiger partial charge in [0.15, 0.2) is 5.82 Å². The molecule has 3 aromatic rings. The van der Waals surface area contributed by atoms with Crippen LogP contribution in [-0.2, 0) is 4.74 Å². The number of nitrogens with one attached hydrogen (secondary N) is 1. The number of amides is 1. The van der Waals surface area contributed by atoms with Crippen LogP contribution < -0.4 is 10.2 Å². The average Bonchev–Trinajstić information content (AvgIpc) is 3.38. The number of benzene rings is 1. The summed E-state index contributed by atoms with van der Waals surface area (Å²) in [6.45, 7) is 4.18. The van der Waals surface area contributed by atoms with E-state index in [2.05, 4.69) is 31.5 Å². The van der Waals surface area contributed by atoms with Crippen LogP contribution in [-0.4, -0.2) is 51.1 Å². The molecule has 1 N–H and O–H groups in total. The van der Waals surface area contributed by atoms with Crippen molar-refractivity contribution >= 4 is 17.6 Å². The van der Waals surface area contributed by atoms with E-state index in [-0.39, 0.29) is 6.54 Å². The molecule has 1 aliphatic rings. The average molecular weight is 433 g/mol. The van der Waals surface area contributed by atoms with Crippen LogP contribution in [0.25, 0.3) is 16.9 Å². The van der Waals surface area contributed by atoms with E-state index < -0.39 is 18.0 Å². The van der Waals surface area contributed by atoms with Crippen molar-refractivity contribution in [2.45, 2.75) is 20.0 Å². The first-order chi connectivity index (χ1) is 15.4. The lowest BCUT2D eigenvalue weighted by Gasteiger charge is -2.14. The number of terminal acetylenes is 1. The van der Waals surface area contributed by atoms with Crippen LogP contribution in [0.1, 0.15) is 12.6 Å². The first kappa shape index (κ1) is 21.0. The predicted octanol–water partition coefficient (Wildman–Crippen LogP) is 2.70. The quantitative estimate of drug-likeness (QED) is 0.378. The Morgan fingerprint density at radius 1 is 1.38 bits per heavy atom. The molecule has 162 valence electrons. The number of hydrogen-bond acceptors (Lipinski definition) is 6. The second-order valence-electron chi connectivity index (χ2n) is 7.17. The minimum absolute atomic E-state index is 0.278. The van der Waals surface area contributed by atoms with Crippen LogP contribution in [0.2, 0.25) is 0 Å². The Balaban J connectivity index is 1.47. The maximum Gasteiger partial charge on any atom is 0.414 e. The molecule has 0 saturated carbocycles. The number of cyclic esters (lactones) is 1. The van der Waals surface area contributed by atoms with E-state index in [1.165, 1.54) is 15.8 Å². The molecule has 32 heavy (non-hydrogen) atoms. The summed E-state index contributed by atoms with van der Waals surface area (Å²) < 4.78 is 20.2. The number of halogens is 1. The SMILES string of the molecule is C#CN=C(C)NC[C@H]1CN(c2ccc(-c3ccc(-n4ncc(C)n4)nc3)c(F)c2)C(=O)O1. The van der Waals surface area contributed by atoms with Crippen molar-refractivity contribution in [3.63, 3.8) is 0 Å². The highest BCUT2D eigenvalue weighted by Crippen LogP contribution is 2.29. The van der Waals surface area contributed by atoms with Gasteiger partial charge in [0.25, 0.3) is 0 Å². The van der Waals surface area contributed by atoms with Gasteiger partial charge in [0.2, 0.25) is 0 Å². The predicted molar refractivity (Wildman–Crippen MR) is 117 cm³/mol. The molecule has 0 aliphatic carbocycles. The van der Waals surface area contributed by atoms with Gasteiger partial charge in [0, 0.05) is 23.4 Å². The highest BCUT2D eigenvalue weighted by Gasteiger charge is 2.32. The summed E-state index contributed by atoms with van der Waals surface area (Å²) >= 11 is 0. The van der Waals surface area contributed by atoms with E-state index in [1.807, 2.05) is 6.92 Å². The summed E-state index contributed by atoms with van der Waals surface area (Å²) in [5, 5.41) is 11.3. The van der Waals surface area contributed by atoms with E-state index in [9.17, 15) is 9.18 Å². The second kappa shape index (κ2) is 8.85. The summed E-state index contributed by atoms with van der Waals surface area (Å²) in [6, 6.07) is 10.2. The Morgan fingerprint density at radius 3 is 2.88 bits per heavy atom. The van der Waals surface area contributed by atoms with Gasteiger partial charge in [-0.2, -0.15) is 15.2 Å². The number of ether oxygens (including phenoxy) is 1. The molecule has 9 nitrogen and oxygen atoms in total. The number of pyridine rings is 1. The highest BCUT2D eigenvalue weighted by atomic mass is 19.1. The molecule has 1 saturated heterocycles. The van der Waals surface area contributed by atoms with E-state index in [0.29, 0.717) is 35.0 Å². The van der Waals surface area contributed by atoms with Crippen molar-refractivity contribution in [2.75, 3.05) is 18.0 Å². The van der Waals surface area contributed by atoms with Crippen LogP contribution >= 0.6 is 0 Å². The Hall–Kier alpha value is -4.26. The van der Waals surface area contributed by atoms with E-state index in [1.54, 1.807) is 43.6 Å². The fourth-order valence-electron chi connectivity index (χ4n) is 3.26. The maximum absolute atomic E-state index is 14.9. The minimum Gasteiger partial charge on any atom is -0.442 e. The fourth-order valence-corrected chi connectivity index (χ4v) is 3.26. The van der Waals surface area contributed by atoms with Crippen molar-refractivity contribution in [3.05, 3.63) is 54.2 Å². The topological polar surface area (TPSA) is 97.5 Å². The van der Waals surface area contributed by atoms with Crippen molar-refractivity contribution in [1.29, 1.82) is 0 Å². The molecule has 1 atom stereocenters. The summed E-state index contributed by atoms with van der Waals surface area (Å²) in [5.74, 6) is 0.604. The highest BCUT2D eigenvalue weighted by molar-refractivity contribution is 5.90. The first-order valence-electron chi connectivity index (χ1n) is 9.82. The van der Waals surface area contributed by atoms with Gasteiger partial charge in [-0.05, 0) is 44.2 Å². The lowest BCUT2D eigenvalue weighted by Crippen LogP contribution is -2.33. The molecular weight excluding hydrogens is 413 g/mol. The molecule has 2 aromatic heterocycles. The number of carbonyl (C=O) groups is 1. The summed E-state index contributed by atoms with van der Waals surface area (Å²) in [5.41, 5.74) is 2.14. The molecule has 1 aliphatic heterocycles. The number of carbonyl (C=O) groups excluding carboxylic acids is 1. The van der Waals surface area contributed by atoms with Gasteiger partial charge in [-0.1, -0.05) is 6.42 Å². The number of amidine groups is 1. The zero-order valence-corrected chi connectivity index (χ0v) is 17.5. The third-order valence-corrected chi connectivity index (χ3v) is 4.83. The van der Waals surface area contributed by atoms with Crippen molar-refractivity contribution in [2.24, 2.45) is 4.99 Å². The Morgan fingerprint density at radius 2 is 2.22 bits per heavy atom. The molecule has 0 bridgehead atoms. The molecule has 3 heterocycles. The van der Waals surface area contributed by atoms with Crippen molar-refractivity contribution in [1.82, 2.24) is 25.3 Å². The summed E-state index contributed by atoms with van der Waals surface area (Å²) in [7, 11) is 0. The van der Waals surface area contributed by atoms with Gasteiger partial charge in [-0.25, -0.2) is 14.2 Å². The van der Waals surface area contributed by atoms with Gasteiger partial charge in [-0.3, -0.25) is 4.90 Å². The molecule has 1 fully saturated rings. The molecule has 4 rings (SSSR count). The number of aromatic nitrogens is 4. The zero-order chi connectivity index (χ0) is 22.7.